The van der Waals surface area contributed by atoms with Crippen molar-refractivity contribution in [2.24, 2.45) is 0 Å². The molecule has 4 aromatic rings. The van der Waals surface area contributed by atoms with Crippen LogP contribution in [-0.4, -0.2) is 6.61 Å². The molecule has 0 fully saturated rings. The third kappa shape index (κ3) is 5.22. The molecule has 4 aromatic carbocycles. The number of hydrogen-bond acceptors (Lipinski definition) is 4. The molecule has 0 aliphatic heterocycles. The van der Waals surface area contributed by atoms with Gasteiger partial charge in [-0.25, -0.2) is 0 Å². The van der Waals surface area contributed by atoms with Gasteiger partial charge >= 0.3 is 0 Å². The first-order valence-corrected chi connectivity index (χ1v) is 11.9. The van der Waals surface area contributed by atoms with Gasteiger partial charge in [-0.15, -0.1) is 0 Å². The van der Waals surface area contributed by atoms with Crippen molar-refractivity contribution in [3.05, 3.63) is 105 Å². The van der Waals surface area contributed by atoms with Crippen LogP contribution in [0.15, 0.2) is 78.9 Å². The first kappa shape index (κ1) is 23.4. The van der Waals surface area contributed by atoms with E-state index in [2.05, 4.69) is 59.0 Å². The van der Waals surface area contributed by atoms with Gasteiger partial charge in [-0.2, -0.15) is 10.5 Å². The van der Waals surface area contributed by atoms with E-state index in [1.807, 2.05) is 43.3 Å². The molecule has 166 valence electrons. The minimum atomic E-state index is 0.418. The summed E-state index contributed by atoms with van der Waals surface area (Å²) in [5, 5.41) is 21.1. The summed E-state index contributed by atoms with van der Waals surface area (Å²) in [6, 6.07) is 29.7. The Bertz CT molecular complexity index is 1440. The zero-order chi connectivity index (χ0) is 23.9. The third-order valence-corrected chi connectivity index (χ3v) is 6.14. The van der Waals surface area contributed by atoms with Crippen molar-refractivity contribution in [2.45, 2.75) is 13.5 Å². The van der Waals surface area contributed by atoms with E-state index >= 15 is 0 Å². The highest BCUT2D eigenvalue weighted by molar-refractivity contribution is 14.1. The predicted octanol–water partition coefficient (Wildman–Crippen LogP) is 7.36. The molecule has 0 spiro atoms. The van der Waals surface area contributed by atoms with Crippen LogP contribution in [0.3, 0.4) is 0 Å². The molecule has 0 saturated heterocycles. The van der Waals surface area contributed by atoms with E-state index in [1.165, 1.54) is 10.8 Å². The molecular formula is C29H21IN2O2. The normalized spacial score (nSPS) is 11.0. The van der Waals surface area contributed by atoms with Gasteiger partial charge in [-0.05, 0) is 87.3 Å². The summed E-state index contributed by atoms with van der Waals surface area (Å²) in [5.41, 5.74) is 3.76. The lowest BCUT2D eigenvalue weighted by atomic mass is 10.0. The summed E-state index contributed by atoms with van der Waals surface area (Å²) in [4.78, 5) is 0. The number of hydrogen-bond donors (Lipinski definition) is 0. The minimum Gasteiger partial charge on any atom is -0.490 e. The van der Waals surface area contributed by atoms with Crippen molar-refractivity contribution in [2.75, 3.05) is 6.61 Å². The fraction of sp³-hybridized carbons (Fsp3) is 0.103. The maximum Gasteiger partial charge on any atom is 0.175 e. The van der Waals surface area contributed by atoms with Crippen molar-refractivity contribution < 1.29 is 9.47 Å². The van der Waals surface area contributed by atoms with E-state index in [0.29, 0.717) is 35.8 Å². The minimum absolute atomic E-state index is 0.418. The zero-order valence-corrected chi connectivity index (χ0v) is 20.7. The van der Waals surface area contributed by atoms with Crippen LogP contribution in [0.25, 0.3) is 22.4 Å². The molecule has 0 aliphatic rings. The van der Waals surface area contributed by atoms with E-state index in [0.717, 1.165) is 20.3 Å². The molecule has 0 heterocycles. The average Bonchev–Trinajstić information content (AvgIpc) is 2.87. The summed E-state index contributed by atoms with van der Waals surface area (Å²) in [7, 11) is 0. The van der Waals surface area contributed by atoms with Crippen LogP contribution in [0, 0.1) is 26.2 Å². The second kappa shape index (κ2) is 10.9. The van der Waals surface area contributed by atoms with E-state index in [-0.39, 0.29) is 0 Å². The first-order chi connectivity index (χ1) is 16.6. The molecule has 0 unspecified atom stereocenters. The van der Waals surface area contributed by atoms with Gasteiger partial charge in [0.15, 0.2) is 11.5 Å². The number of rotatable bonds is 7. The molecule has 5 heteroatoms. The van der Waals surface area contributed by atoms with E-state index in [4.69, 9.17) is 14.7 Å². The monoisotopic (exact) mass is 556 g/mol. The highest BCUT2D eigenvalue weighted by Crippen LogP contribution is 2.36. The van der Waals surface area contributed by atoms with Crippen LogP contribution < -0.4 is 9.47 Å². The molecule has 0 amide bonds. The summed E-state index contributed by atoms with van der Waals surface area (Å²) in [6.07, 6.45) is 1.82. The standard InChI is InChI=1S/C29H21IN2O2/c1-2-33-28-16-21(14-25(18-32)22-12-10-20(17-31)11-13-22)15-27(30)29(28)34-19-24-8-5-7-23-6-3-4-9-26(23)24/h3-16H,2,19H2,1H3/b25-14-. The number of ether oxygens (including phenoxy) is 2. The molecule has 0 saturated carbocycles. The van der Waals surface area contributed by atoms with Gasteiger partial charge in [-0.3, -0.25) is 0 Å². The van der Waals surface area contributed by atoms with Crippen LogP contribution in [0.5, 0.6) is 11.5 Å². The fourth-order valence-electron chi connectivity index (χ4n) is 3.71. The summed E-state index contributed by atoms with van der Waals surface area (Å²) >= 11 is 2.24. The summed E-state index contributed by atoms with van der Waals surface area (Å²) in [6.45, 7) is 2.84. The van der Waals surface area contributed by atoms with Crippen molar-refractivity contribution in [3.63, 3.8) is 0 Å². The van der Waals surface area contributed by atoms with Crippen LogP contribution in [0.2, 0.25) is 0 Å². The quantitative estimate of drug-likeness (QED) is 0.136. The predicted molar refractivity (Wildman–Crippen MR) is 143 cm³/mol. The SMILES string of the molecule is CCOc1cc(/C=C(/C#N)c2ccc(C#N)cc2)cc(I)c1OCc1cccc2ccccc12. The fourth-order valence-corrected chi connectivity index (χ4v) is 4.49. The van der Waals surface area contributed by atoms with Crippen LogP contribution in [-0.2, 0) is 6.61 Å². The van der Waals surface area contributed by atoms with E-state index in [9.17, 15) is 5.26 Å². The van der Waals surface area contributed by atoms with Crippen LogP contribution >= 0.6 is 22.6 Å². The van der Waals surface area contributed by atoms with Gasteiger partial charge in [0.25, 0.3) is 0 Å². The Morgan fingerprint density at radius 3 is 2.44 bits per heavy atom. The molecule has 0 aromatic heterocycles. The van der Waals surface area contributed by atoms with Crippen molar-refractivity contribution in [1.82, 2.24) is 0 Å². The molecule has 34 heavy (non-hydrogen) atoms. The summed E-state index contributed by atoms with van der Waals surface area (Å²) < 4.78 is 13.1. The molecule has 0 atom stereocenters. The number of nitrogens with zero attached hydrogens (tertiary/aromatic N) is 2. The Hall–Kier alpha value is -3.81. The topological polar surface area (TPSA) is 66.0 Å². The number of halogens is 1. The molecule has 0 bridgehead atoms. The Balaban J connectivity index is 1.65. The second-order valence-corrected chi connectivity index (χ2v) is 8.71. The largest absolute Gasteiger partial charge is 0.490 e. The van der Waals surface area contributed by atoms with Crippen molar-refractivity contribution >= 4 is 45.0 Å². The number of fused-ring (bicyclic) bond motifs is 1. The Morgan fingerprint density at radius 1 is 0.941 bits per heavy atom. The van der Waals surface area contributed by atoms with Gasteiger partial charge in [0.2, 0.25) is 0 Å². The smallest absolute Gasteiger partial charge is 0.175 e. The second-order valence-electron chi connectivity index (χ2n) is 7.55. The van der Waals surface area contributed by atoms with Gasteiger partial charge in [0.05, 0.1) is 33.5 Å². The highest BCUT2D eigenvalue weighted by Gasteiger charge is 2.14. The lowest BCUT2D eigenvalue weighted by Gasteiger charge is -2.16. The molecule has 4 rings (SSSR count). The molecule has 0 radical (unpaired) electrons. The van der Waals surface area contributed by atoms with E-state index in [1.54, 1.807) is 24.3 Å². The average molecular weight is 556 g/mol. The lowest BCUT2D eigenvalue weighted by Crippen LogP contribution is -2.02. The maximum absolute atomic E-state index is 9.72. The Morgan fingerprint density at radius 2 is 1.71 bits per heavy atom. The number of benzene rings is 4. The van der Waals surface area contributed by atoms with Crippen LogP contribution in [0.1, 0.15) is 29.2 Å². The zero-order valence-electron chi connectivity index (χ0n) is 18.6. The Labute approximate surface area is 212 Å². The number of allylic oxidation sites excluding steroid dienone is 1. The number of nitriles is 2. The third-order valence-electron chi connectivity index (χ3n) is 5.34. The molecule has 0 N–H and O–H groups in total. The molecular weight excluding hydrogens is 535 g/mol. The van der Waals surface area contributed by atoms with Gasteiger partial charge in [0, 0.05) is 0 Å². The van der Waals surface area contributed by atoms with E-state index < -0.39 is 0 Å². The van der Waals surface area contributed by atoms with Gasteiger partial charge in [-0.1, -0.05) is 54.6 Å². The van der Waals surface area contributed by atoms with Gasteiger partial charge < -0.3 is 9.47 Å². The van der Waals surface area contributed by atoms with Crippen molar-refractivity contribution in [1.29, 1.82) is 10.5 Å². The lowest BCUT2D eigenvalue weighted by molar-refractivity contribution is 0.268. The molecule has 4 nitrogen and oxygen atoms in total. The summed E-state index contributed by atoms with van der Waals surface area (Å²) in [5.74, 6) is 1.32. The maximum atomic E-state index is 9.72. The molecule has 0 aliphatic carbocycles. The van der Waals surface area contributed by atoms with Crippen molar-refractivity contribution in [3.8, 4) is 23.6 Å². The Kier molecular flexibility index (Phi) is 7.47. The van der Waals surface area contributed by atoms with Crippen LogP contribution in [0.4, 0.5) is 0 Å². The first-order valence-electron chi connectivity index (χ1n) is 10.8. The van der Waals surface area contributed by atoms with Gasteiger partial charge in [0.1, 0.15) is 6.61 Å². The highest BCUT2D eigenvalue weighted by atomic mass is 127.